The first-order valence-electron chi connectivity index (χ1n) is 5.87. The molecule has 0 bridgehead atoms. The van der Waals surface area contributed by atoms with Crippen LogP contribution in [0.5, 0.6) is 5.75 Å². The largest absolute Gasteiger partial charge is 0.496 e. The first-order valence-corrected chi connectivity index (χ1v) is 5.87. The number of nitrogens with one attached hydrogen (secondary N) is 1. The number of ether oxygens (including phenoxy) is 1. The first-order chi connectivity index (χ1) is 8.44. The molecule has 0 aliphatic carbocycles. The normalized spacial score (nSPS) is 13.4. The van der Waals surface area contributed by atoms with Gasteiger partial charge in [0, 0.05) is 18.0 Å². The second-order valence-corrected chi connectivity index (χ2v) is 4.14. The highest BCUT2D eigenvalue weighted by atomic mass is 19.4. The van der Waals surface area contributed by atoms with E-state index >= 15 is 0 Å². The van der Waals surface area contributed by atoms with Crippen LogP contribution < -0.4 is 10.1 Å². The zero-order valence-electron chi connectivity index (χ0n) is 10.6. The Hall–Kier alpha value is -1.23. The van der Waals surface area contributed by atoms with Gasteiger partial charge in [-0.3, -0.25) is 0 Å². The molecule has 1 aromatic rings. The zero-order valence-corrected chi connectivity index (χ0v) is 10.6. The van der Waals surface area contributed by atoms with Gasteiger partial charge >= 0.3 is 6.18 Å². The van der Waals surface area contributed by atoms with Crippen molar-refractivity contribution in [2.45, 2.75) is 32.0 Å². The predicted octanol–water partition coefficient (Wildman–Crippen LogP) is 3.69. The third kappa shape index (κ3) is 4.96. The van der Waals surface area contributed by atoms with Gasteiger partial charge in [-0.25, -0.2) is 0 Å². The van der Waals surface area contributed by atoms with Gasteiger partial charge in [-0.2, -0.15) is 13.2 Å². The topological polar surface area (TPSA) is 21.3 Å². The lowest BCUT2D eigenvalue weighted by atomic mass is 10.1. The second kappa shape index (κ2) is 6.64. The average Bonchev–Trinajstić information content (AvgIpc) is 2.33. The highest BCUT2D eigenvalue weighted by molar-refractivity contribution is 5.35. The number of hydrogen-bond acceptors (Lipinski definition) is 2. The average molecular weight is 261 g/mol. The van der Waals surface area contributed by atoms with E-state index in [4.69, 9.17) is 4.74 Å². The summed E-state index contributed by atoms with van der Waals surface area (Å²) in [4.78, 5) is 0. The molecule has 18 heavy (non-hydrogen) atoms. The highest BCUT2D eigenvalue weighted by Crippen LogP contribution is 2.25. The van der Waals surface area contributed by atoms with Crippen molar-refractivity contribution >= 4 is 0 Å². The van der Waals surface area contributed by atoms with Crippen LogP contribution in [0, 0.1) is 0 Å². The Kier molecular flexibility index (Phi) is 5.47. The maximum absolute atomic E-state index is 12.0. The number of methoxy groups -OCH3 is 1. The van der Waals surface area contributed by atoms with Crippen molar-refractivity contribution in [1.82, 2.24) is 5.32 Å². The number of para-hydroxylation sites is 1. The van der Waals surface area contributed by atoms with Crippen LogP contribution in [0.1, 0.15) is 31.4 Å². The van der Waals surface area contributed by atoms with Crippen molar-refractivity contribution in [3.05, 3.63) is 29.8 Å². The van der Waals surface area contributed by atoms with Crippen molar-refractivity contribution in [2.75, 3.05) is 13.7 Å². The minimum Gasteiger partial charge on any atom is -0.496 e. The van der Waals surface area contributed by atoms with Gasteiger partial charge in [-0.05, 0) is 26.0 Å². The van der Waals surface area contributed by atoms with E-state index in [1.54, 1.807) is 7.11 Å². The summed E-state index contributed by atoms with van der Waals surface area (Å²) < 4.78 is 41.1. The summed E-state index contributed by atoms with van der Waals surface area (Å²) in [5.74, 6) is 0.744. The second-order valence-electron chi connectivity index (χ2n) is 4.14. The fourth-order valence-corrected chi connectivity index (χ4v) is 1.74. The molecule has 0 aliphatic rings. The standard InChI is InChI=1S/C13H18F3NO/c1-10(17-9-5-8-13(14,15)16)11-6-3-4-7-12(11)18-2/h3-4,6-7,10,17H,5,8-9H2,1-2H3/t10-/m0/s1. The molecule has 1 aromatic carbocycles. The fraction of sp³-hybridized carbons (Fsp3) is 0.538. The lowest BCUT2D eigenvalue weighted by Gasteiger charge is -2.17. The predicted molar refractivity (Wildman–Crippen MR) is 64.7 cm³/mol. The smallest absolute Gasteiger partial charge is 0.389 e. The number of hydrogen-bond donors (Lipinski definition) is 1. The molecule has 0 saturated carbocycles. The monoisotopic (exact) mass is 261 g/mol. The summed E-state index contributed by atoms with van der Waals surface area (Å²) in [5.41, 5.74) is 0.951. The van der Waals surface area contributed by atoms with Crippen LogP contribution in [-0.2, 0) is 0 Å². The van der Waals surface area contributed by atoms with Crippen molar-refractivity contribution in [3.8, 4) is 5.75 Å². The molecule has 0 heterocycles. The Morgan fingerprint density at radius 3 is 2.56 bits per heavy atom. The highest BCUT2D eigenvalue weighted by Gasteiger charge is 2.26. The van der Waals surface area contributed by atoms with E-state index in [2.05, 4.69) is 5.32 Å². The Labute approximate surface area is 105 Å². The van der Waals surface area contributed by atoms with Gasteiger partial charge in [-0.15, -0.1) is 0 Å². The summed E-state index contributed by atoms with van der Waals surface area (Å²) in [6.45, 7) is 2.24. The number of benzene rings is 1. The first kappa shape index (κ1) is 14.8. The molecule has 0 spiro atoms. The maximum Gasteiger partial charge on any atom is 0.389 e. The van der Waals surface area contributed by atoms with Crippen LogP contribution in [-0.4, -0.2) is 19.8 Å². The molecule has 0 unspecified atom stereocenters. The van der Waals surface area contributed by atoms with E-state index in [0.717, 1.165) is 11.3 Å². The SMILES string of the molecule is COc1ccccc1[C@H](C)NCCCC(F)(F)F. The number of rotatable bonds is 6. The molecule has 1 atom stereocenters. The Balaban J connectivity index is 2.43. The molecule has 0 aromatic heterocycles. The molecular formula is C13H18F3NO. The molecule has 0 fully saturated rings. The van der Waals surface area contributed by atoms with Gasteiger partial charge in [0.1, 0.15) is 5.75 Å². The van der Waals surface area contributed by atoms with Crippen molar-refractivity contribution < 1.29 is 17.9 Å². The molecule has 0 radical (unpaired) electrons. The van der Waals surface area contributed by atoms with Crippen LogP contribution >= 0.6 is 0 Å². The lowest BCUT2D eigenvalue weighted by molar-refractivity contribution is -0.135. The van der Waals surface area contributed by atoms with Gasteiger partial charge in [0.25, 0.3) is 0 Å². The Morgan fingerprint density at radius 1 is 1.28 bits per heavy atom. The van der Waals surface area contributed by atoms with Gasteiger partial charge in [0.15, 0.2) is 0 Å². The molecule has 0 amide bonds. The molecule has 0 aliphatic heterocycles. The molecule has 1 N–H and O–H groups in total. The Bertz CT molecular complexity index is 365. The van der Waals surface area contributed by atoms with E-state index in [9.17, 15) is 13.2 Å². The third-order valence-electron chi connectivity index (χ3n) is 2.69. The van der Waals surface area contributed by atoms with Gasteiger partial charge in [0.05, 0.1) is 7.11 Å². The molecule has 0 saturated heterocycles. The molecular weight excluding hydrogens is 243 g/mol. The number of alkyl halides is 3. The third-order valence-corrected chi connectivity index (χ3v) is 2.69. The minimum atomic E-state index is -4.07. The number of halogens is 3. The van der Waals surface area contributed by atoms with Crippen molar-refractivity contribution in [1.29, 1.82) is 0 Å². The maximum atomic E-state index is 12.0. The van der Waals surface area contributed by atoms with Gasteiger partial charge in [0.2, 0.25) is 0 Å². The van der Waals surface area contributed by atoms with Gasteiger partial charge in [-0.1, -0.05) is 18.2 Å². The summed E-state index contributed by atoms with van der Waals surface area (Å²) in [6, 6.07) is 7.45. The van der Waals surface area contributed by atoms with Crippen LogP contribution in [0.3, 0.4) is 0 Å². The van der Waals surface area contributed by atoms with E-state index in [1.165, 1.54) is 0 Å². The summed E-state index contributed by atoms with van der Waals surface area (Å²) >= 11 is 0. The van der Waals surface area contributed by atoms with Crippen LogP contribution in [0.2, 0.25) is 0 Å². The van der Waals surface area contributed by atoms with E-state index in [1.807, 2.05) is 31.2 Å². The summed E-state index contributed by atoms with van der Waals surface area (Å²) in [5, 5.41) is 3.07. The van der Waals surface area contributed by atoms with Crippen LogP contribution in [0.4, 0.5) is 13.2 Å². The minimum absolute atomic E-state index is 0.0330. The van der Waals surface area contributed by atoms with Crippen LogP contribution in [0.15, 0.2) is 24.3 Å². The van der Waals surface area contributed by atoms with E-state index < -0.39 is 12.6 Å². The molecule has 102 valence electrons. The van der Waals surface area contributed by atoms with Gasteiger partial charge < -0.3 is 10.1 Å². The van der Waals surface area contributed by atoms with Crippen LogP contribution in [0.25, 0.3) is 0 Å². The molecule has 5 heteroatoms. The van der Waals surface area contributed by atoms with Crippen molar-refractivity contribution in [3.63, 3.8) is 0 Å². The molecule has 1 rings (SSSR count). The summed E-state index contributed by atoms with van der Waals surface area (Å²) in [6.07, 6.45) is -4.74. The van der Waals surface area contributed by atoms with E-state index in [-0.39, 0.29) is 12.5 Å². The molecule has 2 nitrogen and oxygen atoms in total. The zero-order chi connectivity index (χ0) is 13.6. The fourth-order valence-electron chi connectivity index (χ4n) is 1.74. The van der Waals surface area contributed by atoms with Crippen molar-refractivity contribution in [2.24, 2.45) is 0 Å². The summed E-state index contributed by atoms with van der Waals surface area (Å²) in [7, 11) is 1.58. The quantitative estimate of drug-likeness (QED) is 0.788. The lowest BCUT2D eigenvalue weighted by Crippen LogP contribution is -2.22. The van der Waals surface area contributed by atoms with E-state index in [0.29, 0.717) is 6.54 Å². The Morgan fingerprint density at radius 2 is 1.94 bits per heavy atom.